The molecule has 0 bridgehead atoms. The zero-order chi connectivity index (χ0) is 25.5. The van der Waals surface area contributed by atoms with Gasteiger partial charge in [0, 0.05) is 37.3 Å². The zero-order valence-corrected chi connectivity index (χ0v) is 21.6. The van der Waals surface area contributed by atoms with E-state index >= 15 is 0 Å². The van der Waals surface area contributed by atoms with E-state index in [-0.39, 0.29) is 0 Å². The van der Waals surface area contributed by atoms with Crippen molar-refractivity contribution in [3.63, 3.8) is 0 Å². The number of aromatic nitrogens is 4. The van der Waals surface area contributed by atoms with Crippen LogP contribution in [0.2, 0.25) is 0 Å². The Labute approximate surface area is 227 Å². The second-order valence-corrected chi connectivity index (χ2v) is 10.9. The Bertz CT molecular complexity index is 2390. The molecule has 0 aliphatic carbocycles. The van der Waals surface area contributed by atoms with Gasteiger partial charge in [-0.25, -0.2) is 9.97 Å². The fourth-order valence-electron chi connectivity index (χ4n) is 6.24. The molecule has 39 heavy (non-hydrogen) atoms. The Morgan fingerprint density at radius 2 is 1.08 bits per heavy atom. The molecule has 0 aliphatic rings. The maximum Gasteiger partial charge on any atom is 0.159 e. The molecule has 0 aliphatic heterocycles. The quantitative estimate of drug-likeness (QED) is 0.230. The highest BCUT2D eigenvalue weighted by atomic mass is 32.1. The van der Waals surface area contributed by atoms with Crippen LogP contribution in [0.5, 0.6) is 0 Å². The Hall–Kier alpha value is -5.00. The van der Waals surface area contributed by atoms with Gasteiger partial charge in [-0.05, 0) is 30.3 Å². The molecule has 5 heteroatoms. The second-order valence-electron chi connectivity index (χ2n) is 9.87. The largest absolute Gasteiger partial charge is 0.307 e. The highest BCUT2D eigenvalue weighted by Gasteiger charge is 2.23. The average Bonchev–Trinajstić information content (AvgIpc) is 3.65. The van der Waals surface area contributed by atoms with Crippen LogP contribution in [-0.4, -0.2) is 19.1 Å². The van der Waals surface area contributed by atoms with Crippen molar-refractivity contribution >= 4 is 75.3 Å². The predicted octanol–water partition coefficient (Wildman–Crippen LogP) is 9.04. The number of nitrogens with zero attached hydrogens (tertiary/aromatic N) is 4. The SMILES string of the molecule is c1ccc(-n2c3ccccc3c3ccc4c5ccccc5n(-c5ncnc6c5sc5ccccc56)c4c32)cc1. The Balaban J connectivity index is 1.56. The van der Waals surface area contributed by atoms with Crippen LogP contribution in [0.25, 0.3) is 75.4 Å². The molecule has 0 fully saturated rings. The Kier molecular flexibility index (Phi) is 4.18. The molecular formula is C34H20N4S. The number of hydrogen-bond donors (Lipinski definition) is 0. The maximum atomic E-state index is 4.96. The lowest BCUT2D eigenvalue weighted by Gasteiger charge is -2.12. The van der Waals surface area contributed by atoms with E-state index in [0.717, 1.165) is 32.8 Å². The number of para-hydroxylation sites is 3. The van der Waals surface area contributed by atoms with E-state index in [0.29, 0.717) is 0 Å². The number of rotatable bonds is 2. The summed E-state index contributed by atoms with van der Waals surface area (Å²) in [6.45, 7) is 0. The van der Waals surface area contributed by atoms with Crippen molar-refractivity contribution in [2.75, 3.05) is 0 Å². The first-order chi connectivity index (χ1) is 19.4. The minimum Gasteiger partial charge on any atom is -0.307 e. The number of thiophene rings is 1. The summed E-state index contributed by atoms with van der Waals surface area (Å²) >= 11 is 1.76. The molecular weight excluding hydrogens is 496 g/mol. The third-order valence-corrected chi connectivity index (χ3v) is 8.99. The Morgan fingerprint density at radius 3 is 1.82 bits per heavy atom. The fourth-order valence-corrected chi connectivity index (χ4v) is 7.37. The molecule has 4 heterocycles. The van der Waals surface area contributed by atoms with Gasteiger partial charge >= 0.3 is 0 Å². The summed E-state index contributed by atoms with van der Waals surface area (Å²) in [7, 11) is 0. The first-order valence-electron chi connectivity index (χ1n) is 13.0. The smallest absolute Gasteiger partial charge is 0.159 e. The number of benzene rings is 5. The van der Waals surface area contributed by atoms with E-state index in [4.69, 9.17) is 9.97 Å². The van der Waals surface area contributed by atoms with Gasteiger partial charge in [-0.3, -0.25) is 4.57 Å². The molecule has 0 saturated carbocycles. The molecule has 0 saturated heterocycles. The molecule has 0 atom stereocenters. The molecule has 4 nitrogen and oxygen atoms in total. The molecule has 0 radical (unpaired) electrons. The van der Waals surface area contributed by atoms with Crippen molar-refractivity contribution in [2.45, 2.75) is 0 Å². The van der Waals surface area contributed by atoms with Crippen LogP contribution in [0.15, 0.2) is 122 Å². The molecule has 0 spiro atoms. The van der Waals surface area contributed by atoms with Crippen molar-refractivity contribution in [1.29, 1.82) is 0 Å². The number of fused-ring (bicyclic) bond motifs is 10. The molecule has 4 aromatic heterocycles. The van der Waals surface area contributed by atoms with Gasteiger partial charge < -0.3 is 4.57 Å². The molecule has 0 unspecified atom stereocenters. The topological polar surface area (TPSA) is 35.6 Å². The molecule has 5 aromatic carbocycles. The van der Waals surface area contributed by atoms with Gasteiger partial charge in [0.15, 0.2) is 5.82 Å². The van der Waals surface area contributed by atoms with E-state index in [1.807, 2.05) is 0 Å². The first kappa shape index (κ1) is 21.0. The lowest BCUT2D eigenvalue weighted by Crippen LogP contribution is -2.01. The van der Waals surface area contributed by atoms with Crippen molar-refractivity contribution in [2.24, 2.45) is 0 Å². The zero-order valence-electron chi connectivity index (χ0n) is 20.7. The van der Waals surface area contributed by atoms with E-state index in [9.17, 15) is 0 Å². The first-order valence-corrected chi connectivity index (χ1v) is 13.8. The van der Waals surface area contributed by atoms with E-state index in [1.165, 1.54) is 42.7 Å². The minimum absolute atomic E-state index is 0.921. The standard InChI is InChI=1S/C34H20N4S/c1-2-10-21(11-3-1)37-27-15-7-4-12-22(27)24-18-19-25-23-13-5-8-16-28(23)38(32(25)31(24)37)34-33-30(35-20-36-34)26-14-6-9-17-29(26)39-33/h1-20H. The van der Waals surface area contributed by atoms with E-state index < -0.39 is 0 Å². The van der Waals surface area contributed by atoms with Gasteiger partial charge in [0.2, 0.25) is 0 Å². The lowest BCUT2D eigenvalue weighted by molar-refractivity contribution is 1.07. The van der Waals surface area contributed by atoms with E-state index in [1.54, 1.807) is 17.7 Å². The summed E-state index contributed by atoms with van der Waals surface area (Å²) in [5.74, 6) is 0.921. The summed E-state index contributed by atoms with van der Waals surface area (Å²) in [5, 5.41) is 6.07. The number of hydrogen-bond acceptors (Lipinski definition) is 3. The highest BCUT2D eigenvalue weighted by molar-refractivity contribution is 7.26. The Morgan fingerprint density at radius 1 is 0.487 bits per heavy atom. The van der Waals surface area contributed by atoms with Crippen LogP contribution in [-0.2, 0) is 0 Å². The van der Waals surface area contributed by atoms with Crippen LogP contribution in [0.3, 0.4) is 0 Å². The molecule has 0 N–H and O–H groups in total. The van der Waals surface area contributed by atoms with Crippen LogP contribution >= 0.6 is 11.3 Å². The average molecular weight is 517 g/mol. The molecule has 9 aromatic rings. The van der Waals surface area contributed by atoms with Gasteiger partial charge in [-0.1, -0.05) is 84.9 Å². The second kappa shape index (κ2) is 7.76. The summed E-state index contributed by atoms with van der Waals surface area (Å²) in [6, 6.07) is 41.1. The fraction of sp³-hybridized carbons (Fsp3) is 0. The third-order valence-electron chi connectivity index (χ3n) is 7.83. The normalized spacial score (nSPS) is 12.1. The lowest BCUT2D eigenvalue weighted by atomic mass is 10.1. The molecule has 182 valence electrons. The minimum atomic E-state index is 0.921. The van der Waals surface area contributed by atoms with Crippen LogP contribution < -0.4 is 0 Å². The van der Waals surface area contributed by atoms with Crippen LogP contribution in [0.1, 0.15) is 0 Å². The van der Waals surface area contributed by atoms with Crippen molar-refractivity contribution in [1.82, 2.24) is 19.1 Å². The van der Waals surface area contributed by atoms with Gasteiger partial charge in [0.05, 0.1) is 32.3 Å². The van der Waals surface area contributed by atoms with E-state index in [2.05, 4.69) is 124 Å². The predicted molar refractivity (Wildman–Crippen MR) is 164 cm³/mol. The van der Waals surface area contributed by atoms with Gasteiger partial charge in [-0.2, -0.15) is 0 Å². The van der Waals surface area contributed by atoms with Crippen molar-refractivity contribution < 1.29 is 0 Å². The van der Waals surface area contributed by atoms with Gasteiger partial charge in [0.1, 0.15) is 6.33 Å². The van der Waals surface area contributed by atoms with Crippen molar-refractivity contribution in [3.8, 4) is 11.5 Å². The summed E-state index contributed by atoms with van der Waals surface area (Å²) in [5.41, 5.74) is 6.82. The summed E-state index contributed by atoms with van der Waals surface area (Å²) in [4.78, 5) is 9.70. The monoisotopic (exact) mass is 516 g/mol. The molecule has 0 amide bonds. The molecule has 9 rings (SSSR count). The van der Waals surface area contributed by atoms with Crippen LogP contribution in [0, 0.1) is 0 Å². The summed E-state index contributed by atoms with van der Waals surface area (Å²) < 4.78 is 7.09. The van der Waals surface area contributed by atoms with Gasteiger partial charge in [-0.15, -0.1) is 11.3 Å². The third kappa shape index (κ3) is 2.77. The van der Waals surface area contributed by atoms with Crippen LogP contribution in [0.4, 0.5) is 0 Å². The highest BCUT2D eigenvalue weighted by Crippen LogP contribution is 2.43. The van der Waals surface area contributed by atoms with Crippen molar-refractivity contribution in [3.05, 3.63) is 122 Å². The summed E-state index contributed by atoms with van der Waals surface area (Å²) in [6.07, 6.45) is 1.71. The maximum absolute atomic E-state index is 4.96. The van der Waals surface area contributed by atoms with Gasteiger partial charge in [0.25, 0.3) is 0 Å².